The van der Waals surface area contributed by atoms with Crippen molar-refractivity contribution >= 4 is 40.4 Å². The maximum Gasteiger partial charge on any atom is 0.271 e. The summed E-state index contributed by atoms with van der Waals surface area (Å²) in [6.07, 6.45) is 2.42. The molecule has 0 saturated heterocycles. The minimum Gasteiger partial charge on any atom is -0.506 e. The van der Waals surface area contributed by atoms with E-state index in [1.807, 2.05) is 50.2 Å². The van der Waals surface area contributed by atoms with Crippen LogP contribution < -0.4 is 16.5 Å². The average molecular weight is 467 g/mol. The number of carbonyl (C=O) groups is 2. The van der Waals surface area contributed by atoms with E-state index >= 15 is 0 Å². The minimum absolute atomic E-state index is 0.0914. The zero-order valence-corrected chi connectivity index (χ0v) is 19.3. The van der Waals surface area contributed by atoms with E-state index in [9.17, 15) is 14.7 Å². The van der Waals surface area contributed by atoms with E-state index < -0.39 is 11.9 Å². The summed E-state index contributed by atoms with van der Waals surface area (Å²) in [5.41, 5.74) is 10.2. The second kappa shape index (κ2) is 10.9. The third kappa shape index (κ3) is 5.88. The molecule has 3 aromatic rings. The first-order valence-electron chi connectivity index (χ1n) is 10.7. The standard InChI is InChI=1S/C25H27ClN4O3/c1-3-15(2)23(24(27)32)28-13-17-8-9-18(20-7-5-4-6-19(17)20)14-29-30-25(33)16-10-11-22(31)21(26)12-16/h4-12,14-15,23,28,31H,3,13H2,1-2H3,(H2,27,32)(H,30,33)/b29-14+. The lowest BCUT2D eigenvalue weighted by atomic mass is 9.97. The number of hydrogen-bond acceptors (Lipinski definition) is 5. The molecule has 2 unspecified atom stereocenters. The summed E-state index contributed by atoms with van der Waals surface area (Å²) in [5, 5.41) is 18.9. The predicted molar refractivity (Wildman–Crippen MR) is 131 cm³/mol. The fraction of sp³-hybridized carbons (Fsp3) is 0.240. The highest BCUT2D eigenvalue weighted by molar-refractivity contribution is 6.32. The number of aromatic hydroxyl groups is 1. The van der Waals surface area contributed by atoms with Gasteiger partial charge in [0.2, 0.25) is 5.91 Å². The zero-order valence-electron chi connectivity index (χ0n) is 18.5. The lowest BCUT2D eigenvalue weighted by Crippen LogP contribution is -2.45. The molecule has 7 nitrogen and oxygen atoms in total. The Morgan fingerprint density at radius 3 is 2.55 bits per heavy atom. The molecule has 3 aromatic carbocycles. The first-order valence-corrected chi connectivity index (χ1v) is 11.0. The van der Waals surface area contributed by atoms with E-state index in [0.29, 0.717) is 6.54 Å². The molecule has 0 fully saturated rings. The molecule has 172 valence electrons. The van der Waals surface area contributed by atoms with Crippen LogP contribution in [0.25, 0.3) is 10.8 Å². The van der Waals surface area contributed by atoms with Crippen molar-refractivity contribution in [1.82, 2.24) is 10.7 Å². The quantitative estimate of drug-likeness (QED) is 0.282. The highest BCUT2D eigenvalue weighted by atomic mass is 35.5. The number of carbonyl (C=O) groups excluding carboxylic acids is 2. The third-order valence-electron chi connectivity index (χ3n) is 5.66. The van der Waals surface area contributed by atoms with Crippen LogP contribution in [0.4, 0.5) is 0 Å². The zero-order chi connectivity index (χ0) is 24.0. The number of hydrazone groups is 1. The summed E-state index contributed by atoms with van der Waals surface area (Å²) in [5.74, 6) is -0.764. The number of hydrogen-bond donors (Lipinski definition) is 4. The van der Waals surface area contributed by atoms with Gasteiger partial charge in [-0.15, -0.1) is 0 Å². The first-order chi connectivity index (χ1) is 15.8. The van der Waals surface area contributed by atoms with Crippen molar-refractivity contribution in [2.75, 3.05) is 0 Å². The van der Waals surface area contributed by atoms with Gasteiger partial charge in [0.05, 0.1) is 17.3 Å². The number of phenolic OH excluding ortho intramolecular Hbond substituents is 1. The largest absolute Gasteiger partial charge is 0.506 e. The Bertz CT molecular complexity index is 1200. The van der Waals surface area contributed by atoms with Gasteiger partial charge in [-0.1, -0.05) is 68.3 Å². The number of nitrogens with two attached hydrogens (primary N) is 1. The number of benzene rings is 3. The number of nitrogens with zero attached hydrogens (tertiary/aromatic N) is 1. The van der Waals surface area contributed by atoms with E-state index in [1.54, 1.807) is 6.21 Å². The van der Waals surface area contributed by atoms with Crippen LogP contribution in [0, 0.1) is 5.92 Å². The number of fused-ring (bicyclic) bond motifs is 1. The molecule has 0 heterocycles. The molecule has 0 bridgehead atoms. The summed E-state index contributed by atoms with van der Waals surface area (Å²) in [6, 6.07) is 15.5. The second-order valence-electron chi connectivity index (χ2n) is 7.87. The summed E-state index contributed by atoms with van der Waals surface area (Å²) in [4.78, 5) is 24.1. The molecular weight excluding hydrogens is 440 g/mol. The molecule has 2 atom stereocenters. The van der Waals surface area contributed by atoms with Crippen LogP contribution >= 0.6 is 11.6 Å². The molecule has 0 radical (unpaired) electrons. The fourth-order valence-corrected chi connectivity index (χ4v) is 3.74. The number of amides is 2. The van der Waals surface area contributed by atoms with E-state index in [1.165, 1.54) is 18.2 Å². The van der Waals surface area contributed by atoms with E-state index in [0.717, 1.165) is 28.3 Å². The average Bonchev–Trinajstić information content (AvgIpc) is 2.81. The summed E-state index contributed by atoms with van der Waals surface area (Å²) in [6.45, 7) is 4.52. The first kappa shape index (κ1) is 24.2. The van der Waals surface area contributed by atoms with Gasteiger partial charge in [-0.2, -0.15) is 5.10 Å². The van der Waals surface area contributed by atoms with Crippen LogP contribution in [0.1, 0.15) is 41.8 Å². The highest BCUT2D eigenvalue weighted by Gasteiger charge is 2.21. The van der Waals surface area contributed by atoms with Gasteiger partial charge in [-0.05, 0) is 40.5 Å². The van der Waals surface area contributed by atoms with Crippen LogP contribution in [-0.4, -0.2) is 29.2 Å². The number of primary amides is 1. The van der Waals surface area contributed by atoms with Crippen molar-refractivity contribution in [3.8, 4) is 5.75 Å². The minimum atomic E-state index is -0.444. The topological polar surface area (TPSA) is 117 Å². The predicted octanol–water partition coefficient (Wildman–Crippen LogP) is 3.95. The second-order valence-corrected chi connectivity index (χ2v) is 8.28. The molecule has 8 heteroatoms. The van der Waals surface area contributed by atoms with Gasteiger partial charge in [-0.25, -0.2) is 5.43 Å². The van der Waals surface area contributed by atoms with Gasteiger partial charge < -0.3 is 16.2 Å². The fourth-order valence-electron chi connectivity index (χ4n) is 3.56. The summed E-state index contributed by atoms with van der Waals surface area (Å²) < 4.78 is 0. The lowest BCUT2D eigenvalue weighted by Gasteiger charge is -2.21. The SMILES string of the molecule is CCC(C)C(NCc1ccc(/C=N/NC(=O)c2ccc(O)c(Cl)c2)c2ccccc12)C(N)=O. The van der Waals surface area contributed by atoms with Crippen LogP contribution in [0.5, 0.6) is 5.75 Å². The van der Waals surface area contributed by atoms with E-state index in [-0.39, 0.29) is 28.2 Å². The molecule has 0 spiro atoms. The van der Waals surface area contributed by atoms with E-state index in [2.05, 4.69) is 15.8 Å². The lowest BCUT2D eigenvalue weighted by molar-refractivity contribution is -0.121. The van der Waals surface area contributed by atoms with Gasteiger partial charge in [0.15, 0.2) is 0 Å². The Labute approximate surface area is 197 Å². The Balaban J connectivity index is 1.78. The van der Waals surface area contributed by atoms with Gasteiger partial charge >= 0.3 is 0 Å². The Morgan fingerprint density at radius 1 is 1.15 bits per heavy atom. The molecule has 0 aliphatic heterocycles. The number of halogens is 1. The molecule has 3 rings (SSSR count). The number of rotatable bonds is 9. The Morgan fingerprint density at radius 2 is 1.88 bits per heavy atom. The van der Waals surface area contributed by atoms with E-state index in [4.69, 9.17) is 17.3 Å². The molecule has 0 aliphatic rings. The Hall–Kier alpha value is -3.42. The molecule has 0 saturated carbocycles. The molecule has 0 aliphatic carbocycles. The number of phenols is 1. The van der Waals surface area contributed by atoms with Gasteiger partial charge in [0.1, 0.15) is 5.75 Å². The van der Waals surface area contributed by atoms with Crippen LogP contribution in [0.3, 0.4) is 0 Å². The third-order valence-corrected chi connectivity index (χ3v) is 5.96. The van der Waals surface area contributed by atoms with Crippen molar-refractivity contribution in [3.63, 3.8) is 0 Å². The van der Waals surface area contributed by atoms with Crippen LogP contribution in [-0.2, 0) is 11.3 Å². The molecule has 2 amide bonds. The maximum absolute atomic E-state index is 12.3. The normalized spacial score (nSPS) is 13.2. The van der Waals surface area contributed by atoms with Crippen molar-refractivity contribution < 1.29 is 14.7 Å². The van der Waals surface area contributed by atoms with Gasteiger partial charge in [0.25, 0.3) is 5.91 Å². The smallest absolute Gasteiger partial charge is 0.271 e. The molecule has 5 N–H and O–H groups in total. The van der Waals surface area contributed by atoms with Crippen molar-refractivity contribution in [1.29, 1.82) is 0 Å². The van der Waals surface area contributed by atoms with Gasteiger partial charge in [0, 0.05) is 17.7 Å². The van der Waals surface area contributed by atoms with Gasteiger partial charge in [-0.3, -0.25) is 9.59 Å². The number of nitrogens with one attached hydrogen (secondary N) is 2. The monoisotopic (exact) mass is 466 g/mol. The van der Waals surface area contributed by atoms with Crippen LogP contribution in [0.15, 0.2) is 59.7 Å². The molecular formula is C25H27ClN4O3. The van der Waals surface area contributed by atoms with Crippen molar-refractivity contribution in [3.05, 3.63) is 76.3 Å². The van der Waals surface area contributed by atoms with Crippen LogP contribution in [0.2, 0.25) is 5.02 Å². The maximum atomic E-state index is 12.3. The summed E-state index contributed by atoms with van der Waals surface area (Å²) >= 11 is 5.86. The van der Waals surface area contributed by atoms with Crippen molar-refractivity contribution in [2.24, 2.45) is 16.8 Å². The van der Waals surface area contributed by atoms with Crippen molar-refractivity contribution in [2.45, 2.75) is 32.9 Å². The Kier molecular flexibility index (Phi) is 8.03. The highest BCUT2D eigenvalue weighted by Crippen LogP contribution is 2.24. The summed E-state index contributed by atoms with van der Waals surface area (Å²) in [7, 11) is 0. The molecule has 33 heavy (non-hydrogen) atoms. The molecule has 0 aromatic heterocycles.